The van der Waals surface area contributed by atoms with Crippen molar-refractivity contribution in [3.8, 4) is 0 Å². The van der Waals surface area contributed by atoms with E-state index in [1.807, 2.05) is 30.3 Å². The lowest BCUT2D eigenvalue weighted by atomic mass is 10.1. The van der Waals surface area contributed by atoms with E-state index < -0.39 is 0 Å². The molecule has 1 nitrogen and oxygen atoms in total. The van der Waals surface area contributed by atoms with E-state index in [1.165, 1.54) is 57.1 Å². The summed E-state index contributed by atoms with van der Waals surface area (Å²) < 4.78 is 0. The van der Waals surface area contributed by atoms with Gasteiger partial charge in [0, 0.05) is 5.56 Å². The third-order valence-corrected chi connectivity index (χ3v) is 5.56. The van der Waals surface area contributed by atoms with Crippen molar-refractivity contribution < 1.29 is 4.79 Å². The normalized spacial score (nSPS) is 12.3. The van der Waals surface area contributed by atoms with Crippen LogP contribution in [0.1, 0.15) is 68.6 Å². The molecule has 0 aliphatic carbocycles. The summed E-state index contributed by atoms with van der Waals surface area (Å²) in [5.74, 6) is 2.25. The molecule has 118 valence electrons. The molecule has 0 heterocycles. The number of carbonyl (C=O) groups excluding carboxylic acids is 1. The molecule has 2 heteroatoms. The fourth-order valence-corrected chi connectivity index (χ4v) is 3.94. The second-order valence-electron chi connectivity index (χ2n) is 5.89. The molecule has 1 aromatic rings. The van der Waals surface area contributed by atoms with Crippen LogP contribution in [-0.4, -0.2) is 23.5 Å². The van der Waals surface area contributed by atoms with E-state index in [0.717, 1.165) is 11.3 Å². The van der Waals surface area contributed by atoms with Crippen molar-refractivity contribution in [3.63, 3.8) is 0 Å². The van der Waals surface area contributed by atoms with E-state index in [2.05, 4.69) is 13.2 Å². The fourth-order valence-electron chi connectivity index (χ4n) is 2.49. The second-order valence-corrected chi connectivity index (χ2v) is 8.15. The third-order valence-electron chi connectivity index (χ3n) is 3.82. The second kappa shape index (κ2) is 11.9. The third kappa shape index (κ3) is 8.98. The van der Waals surface area contributed by atoms with E-state index in [0.29, 0.717) is 5.78 Å². The van der Waals surface area contributed by atoms with Crippen molar-refractivity contribution in [1.82, 2.24) is 0 Å². The van der Waals surface area contributed by atoms with Crippen LogP contribution in [0.25, 0.3) is 0 Å². The number of hydrogen-bond acceptors (Lipinski definition) is 1. The Hall–Kier alpha value is -0.760. The van der Waals surface area contributed by atoms with Gasteiger partial charge in [0.15, 0.2) is 5.75 Å². The summed E-state index contributed by atoms with van der Waals surface area (Å²) in [6.45, 7) is 2.26. The van der Waals surface area contributed by atoms with Gasteiger partial charge in [-0.05, 0) is 23.7 Å². The van der Waals surface area contributed by atoms with E-state index in [-0.39, 0.29) is 10.9 Å². The van der Waals surface area contributed by atoms with Crippen LogP contribution in [0.5, 0.6) is 0 Å². The minimum atomic E-state index is 0.240. The summed E-state index contributed by atoms with van der Waals surface area (Å²) in [5, 5.41) is 0. The highest BCUT2D eigenvalue weighted by Gasteiger charge is 2.17. The Kier molecular flexibility index (Phi) is 10.3. The van der Waals surface area contributed by atoms with Crippen molar-refractivity contribution in [2.24, 2.45) is 0 Å². The average molecular weight is 308 g/mol. The maximum Gasteiger partial charge on any atom is 0.211 e. The molecule has 0 saturated heterocycles. The Morgan fingerprint density at radius 1 is 0.905 bits per heavy atom. The van der Waals surface area contributed by atoms with Crippen molar-refractivity contribution in [2.45, 2.75) is 58.3 Å². The zero-order valence-corrected chi connectivity index (χ0v) is 14.6. The Bertz CT molecular complexity index is 374. The molecule has 1 rings (SSSR count). The van der Waals surface area contributed by atoms with Gasteiger partial charge >= 0.3 is 0 Å². The molecule has 0 amide bonds. The van der Waals surface area contributed by atoms with Crippen molar-refractivity contribution in [3.05, 3.63) is 35.9 Å². The average Bonchev–Trinajstić information content (AvgIpc) is 2.50. The lowest BCUT2D eigenvalue weighted by molar-refractivity contribution is 0.102. The maximum atomic E-state index is 12.1. The van der Waals surface area contributed by atoms with Gasteiger partial charge in [-0.2, -0.15) is 0 Å². The first-order valence-electron chi connectivity index (χ1n) is 8.41. The van der Waals surface area contributed by atoms with Gasteiger partial charge in [0.2, 0.25) is 5.78 Å². The van der Waals surface area contributed by atoms with Gasteiger partial charge in [-0.25, -0.2) is 0 Å². The number of ketones is 1. The molecule has 0 bridgehead atoms. The summed E-state index contributed by atoms with van der Waals surface area (Å²) in [5.41, 5.74) is 0.868. The van der Waals surface area contributed by atoms with Crippen LogP contribution in [0, 0.1) is 0 Å². The number of carbonyl (C=O) groups is 1. The minimum Gasteiger partial charge on any atom is -0.289 e. The highest BCUT2D eigenvalue weighted by Crippen LogP contribution is 2.10. The fraction of sp³-hybridized carbons (Fsp3) is 0.632. The summed E-state index contributed by atoms with van der Waals surface area (Å²) in [4.78, 5) is 12.1. The first-order valence-corrected chi connectivity index (χ1v) is 10.4. The number of hydrogen-bond donors (Lipinski definition) is 0. The van der Waals surface area contributed by atoms with Crippen LogP contribution in [0.2, 0.25) is 0 Å². The van der Waals surface area contributed by atoms with E-state index in [9.17, 15) is 4.79 Å². The number of rotatable bonds is 12. The highest BCUT2D eigenvalue weighted by molar-refractivity contribution is 7.96. The highest BCUT2D eigenvalue weighted by atomic mass is 32.2. The van der Waals surface area contributed by atoms with E-state index in [4.69, 9.17) is 0 Å². The van der Waals surface area contributed by atoms with Crippen molar-refractivity contribution in [2.75, 3.05) is 17.8 Å². The zero-order valence-electron chi connectivity index (χ0n) is 13.8. The standard InChI is InChI=1S/C19H31OS/c1-3-4-5-6-7-8-9-13-16-21(2)17-19(20)18-14-11-10-12-15-18/h10-12,14-15H,3-9,13,16-17H2,1-2H3/q+1. The van der Waals surface area contributed by atoms with Gasteiger partial charge in [-0.1, -0.05) is 75.8 Å². The molecular formula is C19H31OS+. The molecule has 1 unspecified atom stereocenters. The van der Waals surface area contributed by atoms with Crippen LogP contribution in [0.3, 0.4) is 0 Å². The summed E-state index contributed by atoms with van der Waals surface area (Å²) in [7, 11) is 0.240. The quantitative estimate of drug-likeness (QED) is 0.292. The predicted molar refractivity (Wildman–Crippen MR) is 96.4 cm³/mol. The van der Waals surface area contributed by atoms with Crippen LogP contribution in [-0.2, 0) is 10.9 Å². The van der Waals surface area contributed by atoms with E-state index >= 15 is 0 Å². The molecular weight excluding hydrogens is 276 g/mol. The summed E-state index contributed by atoms with van der Waals surface area (Å²) in [6, 6.07) is 9.70. The lowest BCUT2D eigenvalue weighted by Crippen LogP contribution is -2.18. The van der Waals surface area contributed by atoms with Gasteiger partial charge in [0.25, 0.3) is 0 Å². The van der Waals surface area contributed by atoms with Crippen LogP contribution >= 0.6 is 0 Å². The zero-order chi connectivity index (χ0) is 15.3. The first kappa shape index (κ1) is 18.3. The molecule has 21 heavy (non-hydrogen) atoms. The van der Waals surface area contributed by atoms with Crippen LogP contribution in [0.4, 0.5) is 0 Å². The molecule has 1 atom stereocenters. The monoisotopic (exact) mass is 307 g/mol. The molecule has 0 radical (unpaired) electrons. The Balaban J connectivity index is 2.04. The molecule has 0 aliphatic rings. The van der Waals surface area contributed by atoms with Crippen molar-refractivity contribution in [1.29, 1.82) is 0 Å². The number of benzene rings is 1. The minimum absolute atomic E-state index is 0.240. The molecule has 0 fully saturated rings. The number of Topliss-reactive ketones (excluding diaryl/α,β-unsaturated/α-hetero) is 1. The van der Waals surface area contributed by atoms with Gasteiger partial charge in [0.1, 0.15) is 5.75 Å². The molecule has 0 aliphatic heterocycles. The molecule has 0 saturated carbocycles. The smallest absolute Gasteiger partial charge is 0.211 e. The van der Waals surface area contributed by atoms with Crippen LogP contribution in [0.15, 0.2) is 30.3 Å². The molecule has 1 aromatic carbocycles. The van der Waals surface area contributed by atoms with Gasteiger partial charge in [0.05, 0.1) is 6.26 Å². The predicted octanol–water partition coefficient (Wildman–Crippen LogP) is 5.26. The van der Waals surface area contributed by atoms with Crippen molar-refractivity contribution >= 4 is 16.7 Å². The SMILES string of the molecule is CCCCCCCCCC[S+](C)CC(=O)c1ccccc1. The van der Waals surface area contributed by atoms with Crippen LogP contribution < -0.4 is 0 Å². The summed E-state index contributed by atoms with van der Waals surface area (Å²) >= 11 is 0. The topological polar surface area (TPSA) is 17.1 Å². The van der Waals surface area contributed by atoms with Gasteiger partial charge < -0.3 is 0 Å². The van der Waals surface area contributed by atoms with E-state index in [1.54, 1.807) is 0 Å². The Labute approximate surface area is 133 Å². The number of unbranched alkanes of at least 4 members (excludes halogenated alkanes) is 7. The molecule has 0 aromatic heterocycles. The lowest BCUT2D eigenvalue weighted by Gasteiger charge is -2.04. The maximum absolute atomic E-state index is 12.1. The first-order chi connectivity index (χ1) is 10.2. The Morgan fingerprint density at radius 2 is 1.48 bits per heavy atom. The van der Waals surface area contributed by atoms with Gasteiger partial charge in [-0.3, -0.25) is 4.79 Å². The largest absolute Gasteiger partial charge is 0.289 e. The Morgan fingerprint density at radius 3 is 2.10 bits per heavy atom. The molecule has 0 N–H and O–H groups in total. The van der Waals surface area contributed by atoms with Gasteiger partial charge in [-0.15, -0.1) is 0 Å². The molecule has 0 spiro atoms. The summed E-state index contributed by atoms with van der Waals surface area (Å²) in [6.07, 6.45) is 13.1.